The van der Waals surface area contributed by atoms with Gasteiger partial charge in [0.2, 0.25) is 5.13 Å². The molecular weight excluding hydrogens is 410 g/mol. The van der Waals surface area contributed by atoms with Crippen LogP contribution in [0.15, 0.2) is 54.7 Å². The van der Waals surface area contributed by atoms with Crippen LogP contribution in [0.4, 0.5) is 10.9 Å². The van der Waals surface area contributed by atoms with Gasteiger partial charge in [0.05, 0.1) is 0 Å². The maximum absolute atomic E-state index is 6.36. The first-order valence-electron chi connectivity index (χ1n) is 10.9. The van der Waals surface area contributed by atoms with Crippen LogP contribution < -0.4 is 9.80 Å². The highest BCUT2D eigenvalue weighted by atomic mass is 32.1. The first kappa shape index (κ1) is 20.4. The van der Waals surface area contributed by atoms with Gasteiger partial charge in [-0.25, -0.2) is 9.97 Å². The summed E-state index contributed by atoms with van der Waals surface area (Å²) in [4.78, 5) is 14.0. The number of benzene rings is 1. The Hall–Kier alpha value is -2.55. The van der Waals surface area contributed by atoms with Gasteiger partial charge in [0.25, 0.3) is 0 Å². The van der Waals surface area contributed by atoms with E-state index >= 15 is 0 Å². The van der Waals surface area contributed by atoms with E-state index in [-0.39, 0.29) is 12.4 Å². The number of pyridine rings is 1. The summed E-state index contributed by atoms with van der Waals surface area (Å²) in [6, 6.07) is 16.2. The topological polar surface area (TPSA) is 63.6 Å². The molecule has 2 atom stereocenters. The predicted molar refractivity (Wildman–Crippen MR) is 122 cm³/mol. The number of piperazine rings is 1. The van der Waals surface area contributed by atoms with E-state index in [2.05, 4.69) is 33.0 Å². The fraction of sp³-hybridized carbons (Fsp3) is 0.435. The first-order chi connectivity index (χ1) is 15.4. The number of aromatic nitrogens is 3. The summed E-state index contributed by atoms with van der Waals surface area (Å²) >= 11 is 1.45. The molecule has 4 heterocycles. The van der Waals surface area contributed by atoms with Crippen molar-refractivity contribution in [3.8, 4) is 0 Å². The van der Waals surface area contributed by atoms with Gasteiger partial charge in [-0.15, -0.1) is 0 Å². The number of rotatable bonds is 6. The van der Waals surface area contributed by atoms with Crippen molar-refractivity contribution in [1.82, 2.24) is 14.3 Å². The van der Waals surface area contributed by atoms with Crippen LogP contribution in [0.25, 0.3) is 0 Å². The minimum atomic E-state index is -0.316. The molecule has 0 amide bonds. The molecule has 2 saturated heterocycles. The van der Waals surface area contributed by atoms with Gasteiger partial charge in [0, 0.05) is 50.5 Å². The molecule has 0 spiro atoms. The minimum absolute atomic E-state index is 0.201. The van der Waals surface area contributed by atoms with Gasteiger partial charge in [-0.1, -0.05) is 36.4 Å². The van der Waals surface area contributed by atoms with Gasteiger partial charge >= 0.3 is 0 Å². The molecule has 0 radical (unpaired) electrons. The van der Waals surface area contributed by atoms with Crippen molar-refractivity contribution in [3.63, 3.8) is 0 Å². The lowest BCUT2D eigenvalue weighted by Gasteiger charge is -2.35. The van der Waals surface area contributed by atoms with E-state index in [0.717, 1.165) is 68.6 Å². The lowest BCUT2D eigenvalue weighted by molar-refractivity contribution is -0.182. The van der Waals surface area contributed by atoms with Gasteiger partial charge in [-0.05, 0) is 37.0 Å². The molecule has 2 unspecified atom stereocenters. The number of hydrogen-bond acceptors (Lipinski definition) is 8. The second-order valence-corrected chi connectivity index (χ2v) is 8.55. The van der Waals surface area contributed by atoms with Gasteiger partial charge in [0.15, 0.2) is 12.1 Å². The minimum Gasteiger partial charge on any atom is -0.353 e. The summed E-state index contributed by atoms with van der Waals surface area (Å²) in [6.45, 7) is 4.38. The van der Waals surface area contributed by atoms with Gasteiger partial charge in [-0.3, -0.25) is 0 Å². The van der Waals surface area contributed by atoms with Crippen molar-refractivity contribution in [2.75, 3.05) is 42.6 Å². The molecule has 0 aliphatic carbocycles. The van der Waals surface area contributed by atoms with Gasteiger partial charge in [-0.2, -0.15) is 4.37 Å². The lowest BCUT2D eigenvalue weighted by Crippen LogP contribution is -2.46. The maximum atomic E-state index is 6.36. The average Bonchev–Trinajstić information content (AvgIpc) is 3.34. The van der Waals surface area contributed by atoms with Crippen LogP contribution in [0.3, 0.4) is 0 Å². The molecule has 2 aliphatic heterocycles. The van der Waals surface area contributed by atoms with E-state index in [1.165, 1.54) is 11.5 Å². The van der Waals surface area contributed by atoms with Crippen molar-refractivity contribution in [2.24, 2.45) is 0 Å². The molecule has 0 N–H and O–H groups in total. The highest BCUT2D eigenvalue weighted by molar-refractivity contribution is 7.09. The number of anilines is 2. The van der Waals surface area contributed by atoms with Crippen LogP contribution in [-0.2, 0) is 9.47 Å². The summed E-state index contributed by atoms with van der Waals surface area (Å²) < 4.78 is 16.9. The second-order valence-electron chi connectivity index (χ2n) is 7.82. The predicted octanol–water partition coefficient (Wildman–Crippen LogP) is 3.89. The molecule has 1 aromatic carbocycles. The van der Waals surface area contributed by atoms with Crippen LogP contribution in [0, 0.1) is 0 Å². The molecule has 8 heteroatoms. The monoisotopic (exact) mass is 437 g/mol. The normalized spacial score (nSPS) is 20.6. The van der Waals surface area contributed by atoms with Crippen LogP contribution in [0.1, 0.15) is 36.8 Å². The summed E-state index contributed by atoms with van der Waals surface area (Å²) in [5.74, 6) is 1.75. The Morgan fingerprint density at radius 3 is 2.52 bits per heavy atom. The molecule has 3 aromatic rings. The molecule has 2 aliphatic rings. The summed E-state index contributed by atoms with van der Waals surface area (Å²) in [6.07, 6.45) is 4.47. The first-order valence-corrected chi connectivity index (χ1v) is 11.7. The second kappa shape index (κ2) is 9.72. The highest BCUT2D eigenvalue weighted by Crippen LogP contribution is 2.31. The number of nitrogens with zero attached hydrogens (tertiary/aromatic N) is 5. The Bertz CT molecular complexity index is 941. The van der Waals surface area contributed by atoms with E-state index in [1.54, 1.807) is 0 Å². The summed E-state index contributed by atoms with van der Waals surface area (Å²) in [5.41, 5.74) is 1.06. The average molecular weight is 438 g/mol. The summed E-state index contributed by atoms with van der Waals surface area (Å²) in [5, 5.41) is 0.949. The molecule has 7 nitrogen and oxygen atoms in total. The van der Waals surface area contributed by atoms with E-state index in [0.29, 0.717) is 5.82 Å². The molecular formula is C23H27N5O2S. The fourth-order valence-electron chi connectivity index (χ4n) is 4.02. The van der Waals surface area contributed by atoms with Crippen molar-refractivity contribution in [1.29, 1.82) is 0 Å². The highest BCUT2D eigenvalue weighted by Gasteiger charge is 2.27. The Morgan fingerprint density at radius 1 is 0.968 bits per heavy atom. The molecule has 31 heavy (non-hydrogen) atoms. The SMILES string of the molecule is c1ccc(C(OC2CCCCO2)c2nsc(N3CCN(c4ccccn4)CC3)n2)cc1. The summed E-state index contributed by atoms with van der Waals surface area (Å²) in [7, 11) is 0. The Morgan fingerprint density at radius 2 is 1.77 bits per heavy atom. The third-order valence-corrected chi connectivity index (χ3v) is 6.51. The Balaban J connectivity index is 1.29. The maximum Gasteiger partial charge on any atom is 0.205 e. The molecule has 2 aromatic heterocycles. The standard InChI is InChI=1S/C23H27N5O2S/c1-2-8-18(9-3-1)21(30-20-11-5-7-17-29-20)22-25-23(31-26-22)28-15-13-27(14-16-28)19-10-4-6-12-24-19/h1-4,6,8-10,12,20-21H,5,7,11,13-17H2. The number of hydrogen-bond donors (Lipinski definition) is 0. The zero-order valence-corrected chi connectivity index (χ0v) is 18.3. The largest absolute Gasteiger partial charge is 0.353 e. The van der Waals surface area contributed by atoms with Crippen molar-refractivity contribution < 1.29 is 9.47 Å². The van der Waals surface area contributed by atoms with Gasteiger partial charge < -0.3 is 19.3 Å². The number of ether oxygens (including phenoxy) is 2. The zero-order chi connectivity index (χ0) is 20.9. The van der Waals surface area contributed by atoms with E-state index < -0.39 is 0 Å². The van der Waals surface area contributed by atoms with Crippen LogP contribution in [-0.4, -0.2) is 53.4 Å². The van der Waals surface area contributed by atoms with E-state index in [9.17, 15) is 0 Å². The molecule has 5 rings (SSSR count). The van der Waals surface area contributed by atoms with Crippen LogP contribution >= 0.6 is 11.5 Å². The molecule has 0 bridgehead atoms. The van der Waals surface area contributed by atoms with Crippen molar-refractivity contribution >= 4 is 22.5 Å². The van der Waals surface area contributed by atoms with Gasteiger partial charge in [0.1, 0.15) is 11.9 Å². The van der Waals surface area contributed by atoms with E-state index in [1.807, 2.05) is 36.5 Å². The third-order valence-electron chi connectivity index (χ3n) is 5.72. The smallest absolute Gasteiger partial charge is 0.205 e. The lowest BCUT2D eigenvalue weighted by atomic mass is 10.1. The van der Waals surface area contributed by atoms with E-state index in [4.69, 9.17) is 18.8 Å². The van der Waals surface area contributed by atoms with Crippen LogP contribution in [0.2, 0.25) is 0 Å². The van der Waals surface area contributed by atoms with Crippen molar-refractivity contribution in [2.45, 2.75) is 31.7 Å². The zero-order valence-electron chi connectivity index (χ0n) is 17.5. The molecule has 2 fully saturated rings. The Labute approximate surface area is 186 Å². The quantitative estimate of drug-likeness (QED) is 0.580. The molecule has 162 valence electrons. The third kappa shape index (κ3) is 4.87. The fourth-order valence-corrected chi connectivity index (χ4v) is 4.76. The molecule has 0 saturated carbocycles. The Kier molecular flexibility index (Phi) is 6.38. The van der Waals surface area contributed by atoms with Crippen LogP contribution in [0.5, 0.6) is 0 Å². The van der Waals surface area contributed by atoms with Crippen molar-refractivity contribution in [3.05, 3.63) is 66.1 Å².